The zero-order chi connectivity index (χ0) is 19.0. The zero-order valence-corrected chi connectivity index (χ0v) is 16.7. The monoisotopic (exact) mass is 380 g/mol. The van der Waals surface area contributed by atoms with Gasteiger partial charge in [-0.15, -0.1) is 10.2 Å². The minimum atomic E-state index is -0.237. The Labute approximate surface area is 163 Å². The van der Waals surface area contributed by atoms with Crippen LogP contribution in [-0.4, -0.2) is 32.5 Å². The van der Waals surface area contributed by atoms with E-state index in [0.717, 1.165) is 27.4 Å². The fraction of sp³-hybridized carbons (Fsp3) is 0.381. The van der Waals surface area contributed by atoms with E-state index in [4.69, 9.17) is 0 Å². The van der Waals surface area contributed by atoms with Crippen molar-refractivity contribution in [2.75, 3.05) is 11.4 Å². The second-order valence-corrected chi connectivity index (χ2v) is 8.32. The molecule has 3 aromatic rings. The predicted octanol–water partition coefficient (Wildman–Crippen LogP) is 4.38. The van der Waals surface area contributed by atoms with Gasteiger partial charge < -0.3 is 9.47 Å². The molecule has 0 saturated heterocycles. The largest absolute Gasteiger partial charge is 0.311 e. The fourth-order valence-corrected chi connectivity index (χ4v) is 4.33. The number of thioether (sulfide) groups is 1. The van der Waals surface area contributed by atoms with Crippen molar-refractivity contribution in [2.24, 2.45) is 7.05 Å². The average molecular weight is 381 g/mol. The number of hydrogen-bond donors (Lipinski definition) is 0. The second kappa shape index (κ2) is 7.35. The molecule has 1 atom stereocenters. The summed E-state index contributed by atoms with van der Waals surface area (Å²) in [5.41, 5.74) is 0.963. The molecule has 5 nitrogen and oxygen atoms in total. The lowest BCUT2D eigenvalue weighted by Crippen LogP contribution is -2.36. The van der Waals surface area contributed by atoms with E-state index in [2.05, 4.69) is 28.4 Å². The van der Waals surface area contributed by atoms with Crippen molar-refractivity contribution in [1.29, 1.82) is 0 Å². The molecular weight excluding hydrogens is 356 g/mol. The highest BCUT2D eigenvalue weighted by Crippen LogP contribution is 2.40. The van der Waals surface area contributed by atoms with Gasteiger partial charge in [0.05, 0.1) is 10.9 Å². The van der Waals surface area contributed by atoms with E-state index in [1.165, 1.54) is 24.6 Å². The van der Waals surface area contributed by atoms with E-state index in [1.807, 2.05) is 54.6 Å². The Morgan fingerprint density at radius 1 is 1.22 bits per heavy atom. The van der Waals surface area contributed by atoms with Crippen molar-refractivity contribution >= 4 is 34.1 Å². The molecular formula is C21H24N4OS. The Balaban J connectivity index is 1.58. The summed E-state index contributed by atoms with van der Waals surface area (Å²) < 4.78 is 2.04. The Morgan fingerprint density at radius 3 is 2.70 bits per heavy atom. The molecule has 0 radical (unpaired) electrons. The third-order valence-corrected chi connectivity index (χ3v) is 6.20. The lowest BCUT2D eigenvalue weighted by Gasteiger charge is -2.25. The molecule has 27 heavy (non-hydrogen) atoms. The van der Waals surface area contributed by atoms with Gasteiger partial charge in [-0.3, -0.25) is 4.79 Å². The Kier molecular flexibility index (Phi) is 4.91. The predicted molar refractivity (Wildman–Crippen MR) is 110 cm³/mol. The van der Waals surface area contributed by atoms with Crippen LogP contribution in [0.3, 0.4) is 0 Å². The number of nitrogens with zero attached hydrogens (tertiary/aromatic N) is 4. The maximum Gasteiger partial charge on any atom is 0.240 e. The molecule has 0 spiro atoms. The maximum absolute atomic E-state index is 13.2. The van der Waals surface area contributed by atoms with Gasteiger partial charge in [0.25, 0.3) is 0 Å². The van der Waals surface area contributed by atoms with E-state index in [9.17, 15) is 4.79 Å². The van der Waals surface area contributed by atoms with Gasteiger partial charge in [0.2, 0.25) is 5.91 Å². The molecule has 1 saturated carbocycles. The van der Waals surface area contributed by atoms with E-state index in [-0.39, 0.29) is 11.2 Å². The lowest BCUT2D eigenvalue weighted by molar-refractivity contribution is -0.117. The van der Waals surface area contributed by atoms with Crippen molar-refractivity contribution in [3.05, 3.63) is 48.3 Å². The molecule has 1 fully saturated rings. The molecule has 140 valence electrons. The first-order valence-corrected chi connectivity index (χ1v) is 10.3. The SMILES string of the molecule is CCN(C(=O)[C@@H](C)Sc1nnc(C2CC2)n1C)c1cccc2ccccc12. The van der Waals surface area contributed by atoms with E-state index < -0.39 is 0 Å². The van der Waals surface area contributed by atoms with Crippen molar-refractivity contribution in [3.8, 4) is 0 Å². The van der Waals surface area contributed by atoms with Crippen LogP contribution in [0.25, 0.3) is 10.8 Å². The second-order valence-electron chi connectivity index (χ2n) is 7.01. The van der Waals surface area contributed by atoms with Crippen LogP contribution in [0, 0.1) is 0 Å². The molecule has 1 aliphatic carbocycles. The summed E-state index contributed by atoms with van der Waals surface area (Å²) in [5, 5.41) is 11.5. The van der Waals surface area contributed by atoms with Crippen LogP contribution in [-0.2, 0) is 11.8 Å². The van der Waals surface area contributed by atoms with Crippen LogP contribution >= 0.6 is 11.8 Å². The first-order valence-electron chi connectivity index (χ1n) is 9.45. The summed E-state index contributed by atoms with van der Waals surface area (Å²) in [6.45, 7) is 4.60. The third kappa shape index (κ3) is 3.46. The van der Waals surface area contributed by atoms with Crippen molar-refractivity contribution < 1.29 is 4.79 Å². The summed E-state index contributed by atoms with van der Waals surface area (Å²) >= 11 is 1.49. The Bertz CT molecular complexity index is 974. The molecule has 1 aromatic heterocycles. The van der Waals surface area contributed by atoms with Crippen LogP contribution in [0.4, 0.5) is 5.69 Å². The van der Waals surface area contributed by atoms with E-state index in [1.54, 1.807) is 0 Å². The molecule has 0 aliphatic heterocycles. The van der Waals surface area contributed by atoms with Crippen LogP contribution in [0.15, 0.2) is 47.6 Å². The topological polar surface area (TPSA) is 51.0 Å². The van der Waals surface area contributed by atoms with Gasteiger partial charge in [0.15, 0.2) is 5.16 Å². The zero-order valence-electron chi connectivity index (χ0n) is 15.9. The minimum absolute atomic E-state index is 0.0924. The highest BCUT2D eigenvalue weighted by Gasteiger charge is 2.30. The van der Waals surface area contributed by atoms with Gasteiger partial charge in [-0.2, -0.15) is 0 Å². The van der Waals surface area contributed by atoms with Gasteiger partial charge in [0.1, 0.15) is 5.82 Å². The number of benzene rings is 2. The van der Waals surface area contributed by atoms with Crippen LogP contribution in [0.5, 0.6) is 0 Å². The van der Waals surface area contributed by atoms with E-state index in [0.29, 0.717) is 12.5 Å². The summed E-state index contributed by atoms with van der Waals surface area (Å²) in [7, 11) is 2.00. The van der Waals surface area contributed by atoms with Gasteiger partial charge >= 0.3 is 0 Å². The van der Waals surface area contributed by atoms with Gasteiger partial charge in [-0.1, -0.05) is 48.2 Å². The molecule has 1 amide bonds. The highest BCUT2D eigenvalue weighted by atomic mass is 32.2. The maximum atomic E-state index is 13.2. The van der Waals surface area contributed by atoms with Crippen LogP contribution < -0.4 is 4.90 Å². The third-order valence-electron chi connectivity index (χ3n) is 5.08. The first-order chi connectivity index (χ1) is 13.1. The molecule has 0 N–H and O–H groups in total. The normalized spacial score (nSPS) is 15.1. The van der Waals surface area contributed by atoms with E-state index >= 15 is 0 Å². The Morgan fingerprint density at radius 2 is 1.96 bits per heavy atom. The number of anilines is 1. The molecule has 2 aromatic carbocycles. The Hall–Kier alpha value is -2.34. The van der Waals surface area contributed by atoms with Crippen LogP contribution in [0.1, 0.15) is 38.4 Å². The molecule has 1 aliphatic rings. The summed E-state index contributed by atoms with van der Waals surface area (Å²) in [4.78, 5) is 15.1. The molecule has 6 heteroatoms. The summed E-state index contributed by atoms with van der Waals surface area (Å²) in [5.74, 6) is 1.68. The quantitative estimate of drug-likeness (QED) is 0.596. The van der Waals surface area contributed by atoms with Gasteiger partial charge in [0, 0.05) is 24.9 Å². The lowest BCUT2D eigenvalue weighted by atomic mass is 10.1. The molecule has 0 bridgehead atoms. The van der Waals surface area contributed by atoms with Gasteiger partial charge in [-0.05, 0) is 38.1 Å². The number of rotatable bonds is 6. The smallest absolute Gasteiger partial charge is 0.240 e. The van der Waals surface area contributed by atoms with Crippen molar-refractivity contribution in [3.63, 3.8) is 0 Å². The number of hydrogen-bond acceptors (Lipinski definition) is 4. The molecule has 1 heterocycles. The summed E-state index contributed by atoms with van der Waals surface area (Å²) in [6, 6.07) is 14.3. The van der Waals surface area contributed by atoms with Crippen LogP contribution in [0.2, 0.25) is 0 Å². The number of fused-ring (bicyclic) bond motifs is 1. The number of carbonyl (C=O) groups excluding carboxylic acids is 1. The average Bonchev–Trinajstić information content (AvgIpc) is 3.47. The molecule has 0 unspecified atom stereocenters. The highest BCUT2D eigenvalue weighted by molar-refractivity contribution is 8.00. The molecule has 4 rings (SSSR count). The fourth-order valence-electron chi connectivity index (χ4n) is 3.44. The first kappa shape index (κ1) is 18.0. The van der Waals surface area contributed by atoms with Crippen molar-refractivity contribution in [1.82, 2.24) is 14.8 Å². The van der Waals surface area contributed by atoms with Gasteiger partial charge in [-0.25, -0.2) is 0 Å². The number of aromatic nitrogens is 3. The number of amides is 1. The summed E-state index contributed by atoms with van der Waals surface area (Å²) in [6.07, 6.45) is 2.38. The minimum Gasteiger partial charge on any atom is -0.311 e. The standard InChI is InChI=1S/C21H24N4OS/c1-4-25(18-11-7-9-15-8-5-6-10-17(15)18)20(26)14(2)27-21-23-22-19(24(21)3)16-12-13-16/h5-11,14,16H,4,12-13H2,1-3H3/t14-/m1/s1. The van der Waals surface area contributed by atoms with Crippen molar-refractivity contribution in [2.45, 2.75) is 43.0 Å². The number of carbonyl (C=O) groups is 1.